The highest BCUT2D eigenvalue weighted by Crippen LogP contribution is 2.30. The lowest BCUT2D eigenvalue weighted by atomic mass is 10.3. The summed E-state index contributed by atoms with van der Waals surface area (Å²) in [5.41, 5.74) is 7.74. The van der Waals surface area contributed by atoms with Crippen LogP contribution in [0, 0.1) is 0 Å². The zero-order valence-electron chi connectivity index (χ0n) is 9.04. The molecule has 7 heteroatoms. The minimum atomic E-state index is 0.384. The highest BCUT2D eigenvalue weighted by Gasteiger charge is 2.08. The number of nitrogens with one attached hydrogen (secondary N) is 2. The van der Waals surface area contributed by atoms with E-state index in [-0.39, 0.29) is 0 Å². The lowest BCUT2D eigenvalue weighted by Crippen LogP contribution is -2.19. The normalized spacial score (nSPS) is 10.1. The molecule has 1 aromatic carbocycles. The molecule has 0 fully saturated rings. The SMILES string of the molecule is Nc1cscc1NC(=S)Nc1c(Cl)cccc1Cl. The van der Waals surface area contributed by atoms with E-state index in [2.05, 4.69) is 10.6 Å². The highest BCUT2D eigenvalue weighted by atomic mass is 35.5. The van der Waals surface area contributed by atoms with Gasteiger partial charge in [0.05, 0.1) is 27.1 Å². The third-order valence-electron chi connectivity index (χ3n) is 2.14. The van der Waals surface area contributed by atoms with Crippen LogP contribution >= 0.6 is 46.8 Å². The second-order valence-electron chi connectivity index (χ2n) is 3.42. The lowest BCUT2D eigenvalue weighted by molar-refractivity contribution is 1.62. The van der Waals surface area contributed by atoms with Crippen LogP contribution in [-0.4, -0.2) is 5.11 Å². The Morgan fingerprint density at radius 1 is 1.17 bits per heavy atom. The summed E-state index contributed by atoms with van der Waals surface area (Å²) < 4.78 is 0. The molecule has 2 aromatic rings. The van der Waals surface area contributed by atoms with Crippen molar-refractivity contribution in [2.75, 3.05) is 16.4 Å². The van der Waals surface area contributed by atoms with Gasteiger partial charge >= 0.3 is 0 Å². The van der Waals surface area contributed by atoms with Crippen LogP contribution in [0.25, 0.3) is 0 Å². The molecule has 0 aliphatic heterocycles. The van der Waals surface area contributed by atoms with Crippen LogP contribution in [0.1, 0.15) is 0 Å². The Kier molecular flexibility index (Phi) is 4.29. The lowest BCUT2D eigenvalue weighted by Gasteiger charge is -2.12. The number of benzene rings is 1. The number of para-hydroxylation sites is 1. The molecule has 94 valence electrons. The van der Waals surface area contributed by atoms with Crippen molar-refractivity contribution in [2.24, 2.45) is 0 Å². The summed E-state index contributed by atoms with van der Waals surface area (Å²) in [5.74, 6) is 0. The maximum Gasteiger partial charge on any atom is 0.175 e. The van der Waals surface area contributed by atoms with Gasteiger partial charge in [-0.25, -0.2) is 0 Å². The molecule has 0 aliphatic carbocycles. The first kappa shape index (κ1) is 13.4. The van der Waals surface area contributed by atoms with E-state index in [9.17, 15) is 0 Å². The zero-order chi connectivity index (χ0) is 13.1. The topological polar surface area (TPSA) is 50.1 Å². The third-order valence-corrected chi connectivity index (χ3v) is 3.74. The van der Waals surface area contributed by atoms with Gasteiger partial charge in [0.25, 0.3) is 0 Å². The van der Waals surface area contributed by atoms with Crippen LogP contribution in [0.5, 0.6) is 0 Å². The maximum atomic E-state index is 6.03. The second-order valence-corrected chi connectivity index (χ2v) is 5.38. The van der Waals surface area contributed by atoms with Gasteiger partial charge in [-0.15, -0.1) is 11.3 Å². The van der Waals surface area contributed by atoms with E-state index in [0.29, 0.717) is 26.5 Å². The Labute approximate surface area is 124 Å². The Morgan fingerprint density at radius 2 is 1.83 bits per heavy atom. The van der Waals surface area contributed by atoms with Crippen molar-refractivity contribution in [2.45, 2.75) is 0 Å². The molecule has 0 atom stereocenters. The summed E-state index contributed by atoms with van der Waals surface area (Å²) in [4.78, 5) is 0. The van der Waals surface area contributed by atoms with Crippen molar-refractivity contribution in [3.63, 3.8) is 0 Å². The first-order valence-electron chi connectivity index (χ1n) is 4.91. The molecule has 18 heavy (non-hydrogen) atoms. The van der Waals surface area contributed by atoms with Crippen molar-refractivity contribution in [3.8, 4) is 0 Å². The number of thiophene rings is 1. The van der Waals surface area contributed by atoms with E-state index in [4.69, 9.17) is 41.2 Å². The molecule has 4 N–H and O–H groups in total. The van der Waals surface area contributed by atoms with E-state index in [1.165, 1.54) is 11.3 Å². The summed E-state index contributed by atoms with van der Waals surface area (Å²) in [5, 5.41) is 11.0. The maximum absolute atomic E-state index is 6.03. The van der Waals surface area contributed by atoms with E-state index < -0.39 is 0 Å². The number of hydrogen-bond donors (Lipinski definition) is 3. The van der Waals surface area contributed by atoms with Gasteiger partial charge in [-0.05, 0) is 24.4 Å². The second kappa shape index (κ2) is 5.75. The van der Waals surface area contributed by atoms with E-state index in [1.807, 2.05) is 10.8 Å². The summed E-state index contributed by atoms with van der Waals surface area (Å²) >= 11 is 18.7. The molecule has 3 nitrogen and oxygen atoms in total. The fourth-order valence-electron chi connectivity index (χ4n) is 1.29. The van der Waals surface area contributed by atoms with E-state index in [1.54, 1.807) is 18.2 Å². The molecule has 1 heterocycles. The molecule has 0 saturated heterocycles. The minimum Gasteiger partial charge on any atom is -0.396 e. The summed E-state index contributed by atoms with van der Waals surface area (Å²) in [6, 6.07) is 5.23. The quantitative estimate of drug-likeness (QED) is 0.716. The number of hydrogen-bond acceptors (Lipinski definition) is 3. The monoisotopic (exact) mass is 317 g/mol. The number of halogens is 2. The van der Waals surface area contributed by atoms with Crippen LogP contribution in [0.2, 0.25) is 10.0 Å². The van der Waals surface area contributed by atoms with Gasteiger partial charge in [-0.3, -0.25) is 0 Å². The van der Waals surface area contributed by atoms with Gasteiger partial charge in [0.1, 0.15) is 0 Å². The first-order valence-corrected chi connectivity index (χ1v) is 7.02. The van der Waals surface area contributed by atoms with Gasteiger partial charge in [-0.1, -0.05) is 29.3 Å². The molecule has 0 unspecified atom stereocenters. The van der Waals surface area contributed by atoms with Crippen LogP contribution in [0.15, 0.2) is 29.0 Å². The van der Waals surface area contributed by atoms with Crippen molar-refractivity contribution < 1.29 is 0 Å². The molecule has 2 rings (SSSR count). The number of nitrogen functional groups attached to an aromatic ring is 1. The number of nitrogens with two attached hydrogens (primary N) is 1. The largest absolute Gasteiger partial charge is 0.396 e. The molecule has 0 aliphatic rings. The Morgan fingerprint density at radius 3 is 2.39 bits per heavy atom. The highest BCUT2D eigenvalue weighted by molar-refractivity contribution is 7.80. The van der Waals surface area contributed by atoms with Gasteiger partial charge < -0.3 is 16.4 Å². The van der Waals surface area contributed by atoms with Crippen LogP contribution in [0.4, 0.5) is 17.1 Å². The minimum absolute atomic E-state index is 0.384. The number of anilines is 3. The molecular weight excluding hydrogens is 309 g/mol. The van der Waals surface area contributed by atoms with Gasteiger partial charge in [-0.2, -0.15) is 0 Å². The smallest absolute Gasteiger partial charge is 0.175 e. The molecule has 0 saturated carbocycles. The Balaban J connectivity index is 2.10. The molecule has 1 aromatic heterocycles. The van der Waals surface area contributed by atoms with Crippen molar-refractivity contribution in [1.82, 2.24) is 0 Å². The number of rotatable bonds is 2. The fraction of sp³-hybridized carbons (Fsp3) is 0. The standard InChI is InChI=1S/C11H9Cl2N3S2/c12-6-2-1-3-7(13)10(6)16-11(17)15-9-5-18-4-8(9)14/h1-5H,14H2,(H2,15,16,17). The fourth-order valence-corrected chi connectivity index (χ4v) is 2.67. The average Bonchev–Trinajstić information content (AvgIpc) is 2.70. The predicted molar refractivity (Wildman–Crippen MR) is 85.0 cm³/mol. The summed E-state index contributed by atoms with van der Waals surface area (Å²) in [6.45, 7) is 0. The van der Waals surface area contributed by atoms with Crippen molar-refractivity contribution >= 4 is 68.9 Å². The molecule has 0 amide bonds. The zero-order valence-corrected chi connectivity index (χ0v) is 12.2. The van der Waals surface area contributed by atoms with Gasteiger partial charge in [0.2, 0.25) is 0 Å². The van der Waals surface area contributed by atoms with Crippen LogP contribution < -0.4 is 16.4 Å². The summed E-state index contributed by atoms with van der Waals surface area (Å²) in [7, 11) is 0. The van der Waals surface area contributed by atoms with E-state index in [0.717, 1.165) is 5.69 Å². The summed E-state index contributed by atoms with van der Waals surface area (Å²) in [6.07, 6.45) is 0. The van der Waals surface area contributed by atoms with Crippen LogP contribution in [0.3, 0.4) is 0 Å². The van der Waals surface area contributed by atoms with Gasteiger partial charge in [0, 0.05) is 10.8 Å². The molecule has 0 radical (unpaired) electrons. The molecule has 0 spiro atoms. The Bertz CT molecular complexity index is 563. The van der Waals surface area contributed by atoms with E-state index >= 15 is 0 Å². The van der Waals surface area contributed by atoms with Gasteiger partial charge in [0.15, 0.2) is 5.11 Å². The van der Waals surface area contributed by atoms with Crippen molar-refractivity contribution in [3.05, 3.63) is 39.0 Å². The predicted octanol–water partition coefficient (Wildman–Crippen LogP) is 4.45. The Hall–Kier alpha value is -1.01. The first-order chi connectivity index (χ1) is 8.58. The van der Waals surface area contributed by atoms with Crippen molar-refractivity contribution in [1.29, 1.82) is 0 Å². The third kappa shape index (κ3) is 3.05. The average molecular weight is 318 g/mol. The molecule has 0 bridgehead atoms. The molecular formula is C11H9Cl2N3S2. The number of thiocarbonyl (C=S) groups is 1. The van der Waals surface area contributed by atoms with Crippen LogP contribution in [-0.2, 0) is 0 Å².